The van der Waals surface area contributed by atoms with Crippen molar-refractivity contribution in [2.75, 3.05) is 14.2 Å². The number of aromatic nitrogens is 2. The molecular formula is C17H17ClN2O3. The average molecular weight is 333 g/mol. The first-order valence-corrected chi connectivity index (χ1v) is 7.51. The predicted octanol–water partition coefficient (Wildman–Crippen LogP) is 3.73. The Kier molecular flexibility index (Phi) is 4.15. The minimum absolute atomic E-state index is 0.570. The number of methoxy groups -OCH3 is 2. The Morgan fingerprint density at radius 3 is 2.61 bits per heavy atom. The Labute approximate surface area is 139 Å². The van der Waals surface area contributed by atoms with Crippen LogP contribution in [-0.2, 0) is 0 Å². The molecule has 3 aromatic rings. The summed E-state index contributed by atoms with van der Waals surface area (Å²) in [6, 6.07) is 9.05. The number of benzene rings is 1. The zero-order valence-corrected chi connectivity index (χ0v) is 13.8. The van der Waals surface area contributed by atoms with Gasteiger partial charge in [-0.15, -0.1) is 0 Å². The standard InChI is InChI=1S/C17H17ClN2O3/c1-10(21)17-16(19-15-7-4-11(18)9-20(15)17)13-8-12(22-2)5-6-14(13)23-3/h4-10,21H,1-3H3. The molecule has 1 atom stereocenters. The number of pyridine rings is 1. The fourth-order valence-corrected chi connectivity index (χ4v) is 2.79. The number of rotatable bonds is 4. The van der Waals surface area contributed by atoms with Crippen molar-refractivity contribution in [3.8, 4) is 22.8 Å². The van der Waals surface area contributed by atoms with E-state index in [-0.39, 0.29) is 0 Å². The molecule has 23 heavy (non-hydrogen) atoms. The van der Waals surface area contributed by atoms with Crippen LogP contribution in [0, 0.1) is 0 Å². The van der Waals surface area contributed by atoms with Crippen LogP contribution in [0.2, 0.25) is 5.02 Å². The van der Waals surface area contributed by atoms with E-state index in [0.29, 0.717) is 33.6 Å². The van der Waals surface area contributed by atoms with E-state index >= 15 is 0 Å². The monoisotopic (exact) mass is 332 g/mol. The van der Waals surface area contributed by atoms with Gasteiger partial charge in [0.25, 0.3) is 0 Å². The third kappa shape index (κ3) is 2.73. The summed E-state index contributed by atoms with van der Waals surface area (Å²) in [4.78, 5) is 4.64. The lowest BCUT2D eigenvalue weighted by atomic mass is 10.1. The summed E-state index contributed by atoms with van der Waals surface area (Å²) < 4.78 is 12.5. The number of aliphatic hydroxyl groups is 1. The maximum absolute atomic E-state index is 10.3. The number of halogens is 1. The van der Waals surface area contributed by atoms with Crippen molar-refractivity contribution in [2.45, 2.75) is 13.0 Å². The second-order valence-corrected chi connectivity index (χ2v) is 5.60. The Bertz CT molecular complexity index is 858. The Hall–Kier alpha value is -2.24. The van der Waals surface area contributed by atoms with Crippen LogP contribution in [0.3, 0.4) is 0 Å². The van der Waals surface area contributed by atoms with E-state index < -0.39 is 6.10 Å². The van der Waals surface area contributed by atoms with E-state index in [9.17, 15) is 5.11 Å². The topological polar surface area (TPSA) is 56.0 Å². The molecule has 2 aromatic heterocycles. The van der Waals surface area contributed by atoms with E-state index in [1.54, 1.807) is 37.8 Å². The molecule has 0 aliphatic carbocycles. The van der Waals surface area contributed by atoms with Crippen molar-refractivity contribution in [3.63, 3.8) is 0 Å². The largest absolute Gasteiger partial charge is 0.497 e. The number of nitrogens with zero attached hydrogens (tertiary/aromatic N) is 2. The molecule has 1 unspecified atom stereocenters. The lowest BCUT2D eigenvalue weighted by Gasteiger charge is -2.12. The molecular weight excluding hydrogens is 316 g/mol. The van der Waals surface area contributed by atoms with Gasteiger partial charge in [-0.2, -0.15) is 0 Å². The highest BCUT2D eigenvalue weighted by atomic mass is 35.5. The van der Waals surface area contributed by atoms with Crippen molar-refractivity contribution in [2.24, 2.45) is 0 Å². The van der Waals surface area contributed by atoms with Crippen molar-refractivity contribution >= 4 is 17.2 Å². The van der Waals surface area contributed by atoms with Gasteiger partial charge >= 0.3 is 0 Å². The minimum Gasteiger partial charge on any atom is -0.497 e. The summed E-state index contributed by atoms with van der Waals surface area (Å²) in [6.07, 6.45) is 1.01. The van der Waals surface area contributed by atoms with Crippen molar-refractivity contribution in [3.05, 3.63) is 47.2 Å². The first kappa shape index (κ1) is 15.6. The van der Waals surface area contributed by atoms with Gasteiger partial charge in [0.15, 0.2) is 0 Å². The highest BCUT2D eigenvalue weighted by molar-refractivity contribution is 6.30. The normalized spacial score (nSPS) is 12.4. The van der Waals surface area contributed by atoms with E-state index in [1.165, 1.54) is 0 Å². The van der Waals surface area contributed by atoms with Crippen LogP contribution in [-0.4, -0.2) is 28.7 Å². The molecule has 1 N–H and O–H groups in total. The molecule has 0 aliphatic rings. The van der Waals surface area contributed by atoms with E-state index in [4.69, 9.17) is 21.1 Å². The fraction of sp³-hybridized carbons (Fsp3) is 0.235. The van der Waals surface area contributed by atoms with Crippen LogP contribution in [0.15, 0.2) is 36.5 Å². The van der Waals surface area contributed by atoms with Gasteiger partial charge in [-0.25, -0.2) is 4.98 Å². The second-order valence-electron chi connectivity index (χ2n) is 5.16. The minimum atomic E-state index is -0.727. The molecule has 120 valence electrons. The maximum Gasteiger partial charge on any atom is 0.137 e. The van der Waals surface area contributed by atoms with Crippen molar-refractivity contribution in [1.29, 1.82) is 0 Å². The van der Waals surface area contributed by atoms with Gasteiger partial charge in [0.05, 0.1) is 36.7 Å². The van der Waals surface area contributed by atoms with Crippen molar-refractivity contribution in [1.82, 2.24) is 9.38 Å². The van der Waals surface area contributed by atoms with Crippen LogP contribution in [0.1, 0.15) is 18.7 Å². The lowest BCUT2D eigenvalue weighted by Crippen LogP contribution is -2.00. The number of aliphatic hydroxyl groups excluding tert-OH is 1. The van der Waals surface area contributed by atoms with Gasteiger partial charge in [-0.3, -0.25) is 4.40 Å². The predicted molar refractivity (Wildman–Crippen MR) is 89.4 cm³/mol. The average Bonchev–Trinajstić information content (AvgIpc) is 2.92. The smallest absolute Gasteiger partial charge is 0.137 e. The van der Waals surface area contributed by atoms with Crippen molar-refractivity contribution < 1.29 is 14.6 Å². The third-order valence-corrected chi connectivity index (χ3v) is 3.90. The van der Waals surface area contributed by atoms with Crippen LogP contribution >= 0.6 is 11.6 Å². The van der Waals surface area contributed by atoms with Gasteiger partial charge in [0.2, 0.25) is 0 Å². The molecule has 0 saturated carbocycles. The number of hydrogen-bond acceptors (Lipinski definition) is 4. The molecule has 3 rings (SSSR count). The van der Waals surface area contributed by atoms with Crippen LogP contribution in [0.25, 0.3) is 16.9 Å². The fourth-order valence-electron chi connectivity index (χ4n) is 2.63. The van der Waals surface area contributed by atoms with Crippen LogP contribution < -0.4 is 9.47 Å². The summed E-state index contributed by atoms with van der Waals surface area (Å²) in [5.41, 5.74) is 2.74. The molecule has 0 fully saturated rings. The molecule has 0 radical (unpaired) electrons. The lowest BCUT2D eigenvalue weighted by molar-refractivity contribution is 0.194. The zero-order chi connectivity index (χ0) is 16.6. The molecule has 0 aliphatic heterocycles. The van der Waals surface area contributed by atoms with Gasteiger partial charge in [-0.1, -0.05) is 11.6 Å². The third-order valence-electron chi connectivity index (χ3n) is 3.68. The molecule has 0 spiro atoms. The number of hydrogen-bond donors (Lipinski definition) is 1. The Balaban J connectivity index is 2.33. The highest BCUT2D eigenvalue weighted by Crippen LogP contribution is 2.37. The summed E-state index contributed by atoms with van der Waals surface area (Å²) in [5.74, 6) is 1.34. The molecule has 6 heteroatoms. The highest BCUT2D eigenvalue weighted by Gasteiger charge is 2.21. The van der Waals surface area contributed by atoms with Gasteiger partial charge in [0.1, 0.15) is 17.1 Å². The van der Waals surface area contributed by atoms with E-state index in [2.05, 4.69) is 4.98 Å². The SMILES string of the molecule is COc1ccc(OC)c(-c2nc3ccc(Cl)cn3c2C(C)O)c1. The summed E-state index contributed by atoms with van der Waals surface area (Å²) in [7, 11) is 3.20. The molecule has 0 amide bonds. The van der Waals surface area contributed by atoms with Gasteiger partial charge in [0, 0.05) is 11.8 Å². The molecule has 5 nitrogen and oxygen atoms in total. The summed E-state index contributed by atoms with van der Waals surface area (Å²) >= 11 is 6.08. The molecule has 1 aromatic carbocycles. The Morgan fingerprint density at radius 2 is 1.96 bits per heavy atom. The van der Waals surface area contributed by atoms with Gasteiger partial charge in [-0.05, 0) is 37.3 Å². The zero-order valence-electron chi connectivity index (χ0n) is 13.1. The summed E-state index contributed by atoms with van der Waals surface area (Å²) in [5, 5.41) is 10.8. The summed E-state index contributed by atoms with van der Waals surface area (Å²) in [6.45, 7) is 1.69. The maximum atomic E-state index is 10.3. The van der Waals surface area contributed by atoms with E-state index in [0.717, 1.165) is 5.56 Å². The van der Waals surface area contributed by atoms with Crippen LogP contribution in [0.4, 0.5) is 0 Å². The van der Waals surface area contributed by atoms with E-state index in [1.807, 2.05) is 24.3 Å². The molecule has 0 saturated heterocycles. The van der Waals surface area contributed by atoms with Crippen LogP contribution in [0.5, 0.6) is 11.5 Å². The second kappa shape index (κ2) is 6.10. The number of imidazole rings is 1. The molecule has 2 heterocycles. The number of ether oxygens (including phenoxy) is 2. The Morgan fingerprint density at radius 1 is 1.17 bits per heavy atom. The van der Waals surface area contributed by atoms with Gasteiger partial charge < -0.3 is 14.6 Å². The molecule has 0 bridgehead atoms. The number of fused-ring (bicyclic) bond motifs is 1. The first-order valence-electron chi connectivity index (χ1n) is 7.13. The first-order chi connectivity index (χ1) is 11.0. The quantitative estimate of drug-likeness (QED) is 0.791.